The fourth-order valence-corrected chi connectivity index (χ4v) is 3.53. The van der Waals surface area contributed by atoms with Crippen molar-refractivity contribution in [1.29, 1.82) is 0 Å². The van der Waals surface area contributed by atoms with E-state index >= 15 is 0 Å². The Kier molecular flexibility index (Phi) is 4.41. The highest BCUT2D eigenvalue weighted by molar-refractivity contribution is 7.14. The molecule has 5 nitrogen and oxygen atoms in total. The van der Waals surface area contributed by atoms with Crippen LogP contribution in [0.1, 0.15) is 15.9 Å². The third-order valence-corrected chi connectivity index (χ3v) is 4.88. The maximum absolute atomic E-state index is 13.9. The molecule has 1 aliphatic heterocycles. The Bertz CT molecular complexity index is 1050. The molecule has 27 heavy (non-hydrogen) atoms. The molecule has 1 atom stereocenters. The van der Waals surface area contributed by atoms with E-state index in [0.717, 1.165) is 35.1 Å². The van der Waals surface area contributed by atoms with Crippen molar-refractivity contribution in [3.63, 3.8) is 0 Å². The molecule has 2 heterocycles. The number of carbonyl (C=O) groups excluding carboxylic acids is 2. The lowest BCUT2D eigenvalue weighted by Crippen LogP contribution is -2.37. The van der Waals surface area contributed by atoms with Gasteiger partial charge in [-0.3, -0.25) is 10.1 Å². The van der Waals surface area contributed by atoms with Crippen LogP contribution in [0.5, 0.6) is 0 Å². The van der Waals surface area contributed by atoms with Crippen molar-refractivity contribution in [2.75, 3.05) is 5.32 Å². The van der Waals surface area contributed by atoms with Gasteiger partial charge in [0.15, 0.2) is 11.2 Å². The molecular formula is C19H12F2N2O3S. The van der Waals surface area contributed by atoms with E-state index in [4.69, 9.17) is 4.74 Å². The van der Waals surface area contributed by atoms with Crippen LogP contribution in [0.4, 0.5) is 13.9 Å². The van der Waals surface area contributed by atoms with Crippen LogP contribution in [0, 0.1) is 11.6 Å². The number of nitrogens with zero attached hydrogens (tertiary/aromatic N) is 1. The van der Waals surface area contributed by atoms with Gasteiger partial charge in [0.25, 0.3) is 5.91 Å². The fourth-order valence-electron chi connectivity index (χ4n) is 2.81. The monoisotopic (exact) mass is 386 g/mol. The number of thiazole rings is 1. The fraction of sp³-hybridized carbons (Fsp3) is 0.105. The van der Waals surface area contributed by atoms with Crippen molar-refractivity contribution in [2.45, 2.75) is 12.5 Å². The Morgan fingerprint density at radius 3 is 2.85 bits per heavy atom. The number of fused-ring (bicyclic) bond motifs is 1. The summed E-state index contributed by atoms with van der Waals surface area (Å²) in [6.07, 6.45) is -0.726. The average molecular weight is 386 g/mol. The number of hydrogen-bond acceptors (Lipinski definition) is 5. The predicted octanol–water partition coefficient (Wildman–Crippen LogP) is 3.81. The normalized spacial score (nSPS) is 15.8. The average Bonchev–Trinajstić information content (AvgIpc) is 3.12. The summed E-state index contributed by atoms with van der Waals surface area (Å²) >= 11 is 1.07. The highest BCUT2D eigenvalue weighted by atomic mass is 32.1. The maximum atomic E-state index is 13.9. The summed E-state index contributed by atoms with van der Waals surface area (Å²) in [5.41, 5.74) is 1.39. The third-order valence-electron chi connectivity index (χ3n) is 4.12. The first-order chi connectivity index (χ1) is 13.0. The van der Waals surface area contributed by atoms with Crippen molar-refractivity contribution >= 4 is 28.3 Å². The number of carbonyl (C=O) groups is 2. The van der Waals surface area contributed by atoms with Gasteiger partial charge in [0.2, 0.25) is 0 Å². The molecule has 0 saturated heterocycles. The van der Waals surface area contributed by atoms with Crippen LogP contribution in [-0.4, -0.2) is 23.0 Å². The largest absolute Gasteiger partial charge is 0.448 e. The molecule has 0 unspecified atom stereocenters. The van der Waals surface area contributed by atoms with Gasteiger partial charge in [0, 0.05) is 17.4 Å². The van der Waals surface area contributed by atoms with Crippen LogP contribution in [0.3, 0.4) is 0 Å². The van der Waals surface area contributed by atoms with E-state index in [1.165, 1.54) is 5.38 Å². The van der Waals surface area contributed by atoms with E-state index in [1.807, 2.05) is 0 Å². The van der Waals surface area contributed by atoms with E-state index in [2.05, 4.69) is 10.3 Å². The van der Waals surface area contributed by atoms with Gasteiger partial charge in [-0.25, -0.2) is 18.6 Å². The Hall–Kier alpha value is -3.13. The smallest absolute Gasteiger partial charge is 0.339 e. The quantitative estimate of drug-likeness (QED) is 0.695. The zero-order chi connectivity index (χ0) is 19.0. The molecule has 2 aromatic carbocycles. The second kappa shape index (κ2) is 6.88. The van der Waals surface area contributed by atoms with Crippen LogP contribution in [0.25, 0.3) is 11.3 Å². The standard InChI is InChI=1S/C19H12F2N2O3S/c20-11-5-6-14(21)13(8-11)15-9-27-19(22-15)23-17(24)16-7-10-3-1-2-4-12(10)18(25)26-16/h1-6,8-9,16H,7H2,(H,22,23,24)/t16-/m0/s1. The number of ether oxygens (including phenoxy) is 1. The van der Waals surface area contributed by atoms with E-state index in [0.29, 0.717) is 5.56 Å². The molecule has 0 saturated carbocycles. The minimum atomic E-state index is -0.981. The zero-order valence-corrected chi connectivity index (χ0v) is 14.6. The second-order valence-corrected chi connectivity index (χ2v) is 6.76. The number of hydrogen-bond donors (Lipinski definition) is 1. The van der Waals surface area contributed by atoms with E-state index < -0.39 is 29.6 Å². The van der Waals surface area contributed by atoms with Crippen molar-refractivity contribution in [2.24, 2.45) is 0 Å². The molecular weight excluding hydrogens is 374 g/mol. The summed E-state index contributed by atoms with van der Waals surface area (Å²) in [7, 11) is 0. The first-order valence-electron chi connectivity index (χ1n) is 8.02. The van der Waals surface area contributed by atoms with Gasteiger partial charge in [0.05, 0.1) is 11.3 Å². The molecule has 3 aromatic rings. The van der Waals surface area contributed by atoms with Gasteiger partial charge in [-0.05, 0) is 29.8 Å². The van der Waals surface area contributed by atoms with Crippen molar-refractivity contribution in [3.05, 3.63) is 70.6 Å². The lowest BCUT2D eigenvalue weighted by molar-refractivity contribution is -0.125. The van der Waals surface area contributed by atoms with Gasteiger partial charge in [-0.1, -0.05) is 18.2 Å². The number of anilines is 1. The van der Waals surface area contributed by atoms with Gasteiger partial charge >= 0.3 is 5.97 Å². The molecule has 0 spiro atoms. The first-order valence-corrected chi connectivity index (χ1v) is 8.90. The molecule has 136 valence electrons. The Morgan fingerprint density at radius 2 is 2.00 bits per heavy atom. The van der Waals surface area contributed by atoms with Gasteiger partial charge in [-0.15, -0.1) is 11.3 Å². The number of rotatable bonds is 3. The number of aromatic nitrogens is 1. The number of esters is 1. The summed E-state index contributed by atoms with van der Waals surface area (Å²) < 4.78 is 32.4. The van der Waals surface area contributed by atoms with Crippen molar-refractivity contribution < 1.29 is 23.1 Å². The number of benzene rings is 2. The molecule has 8 heteroatoms. The van der Waals surface area contributed by atoms with E-state index in [-0.39, 0.29) is 22.8 Å². The van der Waals surface area contributed by atoms with Gasteiger partial charge < -0.3 is 4.74 Å². The molecule has 0 aliphatic carbocycles. The summed E-state index contributed by atoms with van der Waals surface area (Å²) in [6.45, 7) is 0. The number of halogens is 2. The minimum Gasteiger partial charge on any atom is -0.448 e. The molecule has 0 radical (unpaired) electrons. The molecule has 1 aliphatic rings. The third kappa shape index (κ3) is 3.43. The summed E-state index contributed by atoms with van der Waals surface area (Å²) in [4.78, 5) is 28.6. The van der Waals surface area contributed by atoms with Crippen molar-refractivity contribution in [1.82, 2.24) is 4.98 Å². The molecule has 4 rings (SSSR count). The summed E-state index contributed by atoms with van der Waals surface area (Å²) in [5.74, 6) is -2.28. The van der Waals surface area contributed by atoms with Crippen LogP contribution >= 0.6 is 11.3 Å². The molecule has 0 bridgehead atoms. The second-order valence-electron chi connectivity index (χ2n) is 5.91. The molecule has 1 amide bonds. The summed E-state index contributed by atoms with van der Waals surface area (Å²) in [5, 5.41) is 4.27. The number of nitrogens with one attached hydrogen (secondary N) is 1. The van der Waals surface area contributed by atoms with Crippen LogP contribution in [-0.2, 0) is 16.0 Å². The topological polar surface area (TPSA) is 68.3 Å². The molecule has 1 aromatic heterocycles. The molecule has 0 fully saturated rings. The minimum absolute atomic E-state index is 0.00442. The van der Waals surface area contributed by atoms with Gasteiger partial charge in [-0.2, -0.15) is 0 Å². The zero-order valence-electron chi connectivity index (χ0n) is 13.7. The van der Waals surface area contributed by atoms with Crippen LogP contribution in [0.15, 0.2) is 47.8 Å². The Morgan fingerprint density at radius 1 is 1.19 bits per heavy atom. The summed E-state index contributed by atoms with van der Waals surface area (Å²) in [6, 6.07) is 9.99. The van der Waals surface area contributed by atoms with Crippen LogP contribution in [0.2, 0.25) is 0 Å². The highest BCUT2D eigenvalue weighted by Gasteiger charge is 2.31. The lowest BCUT2D eigenvalue weighted by atomic mass is 9.98. The van der Waals surface area contributed by atoms with Gasteiger partial charge in [0.1, 0.15) is 11.6 Å². The molecule has 1 N–H and O–H groups in total. The predicted molar refractivity (Wildman–Crippen MR) is 95.4 cm³/mol. The number of cyclic esters (lactones) is 1. The van der Waals surface area contributed by atoms with Crippen LogP contribution < -0.4 is 5.32 Å². The van der Waals surface area contributed by atoms with E-state index in [1.54, 1.807) is 24.3 Å². The van der Waals surface area contributed by atoms with E-state index in [9.17, 15) is 18.4 Å². The Labute approximate surface area is 156 Å². The Balaban J connectivity index is 1.51. The van der Waals surface area contributed by atoms with Crippen molar-refractivity contribution in [3.8, 4) is 11.3 Å². The first kappa shape index (κ1) is 17.3. The SMILES string of the molecule is O=C1O[C@H](C(=O)Nc2nc(-c3cc(F)ccc3F)cs2)Cc2ccccc21. The number of amides is 1. The maximum Gasteiger partial charge on any atom is 0.339 e. The highest BCUT2D eigenvalue weighted by Crippen LogP contribution is 2.28. The lowest BCUT2D eigenvalue weighted by Gasteiger charge is -2.23.